The number of carbonyl (C=O) groups excluding carboxylic acids is 2. The van der Waals surface area contributed by atoms with E-state index >= 15 is 0 Å². The van der Waals surface area contributed by atoms with Gasteiger partial charge in [0.25, 0.3) is 10.0 Å². The minimum absolute atomic E-state index is 0.0148. The van der Waals surface area contributed by atoms with E-state index < -0.39 is 28.5 Å². The van der Waals surface area contributed by atoms with Crippen molar-refractivity contribution < 1.29 is 22.7 Å². The Balaban J connectivity index is 2.10. The number of hydrogen-bond acceptors (Lipinski definition) is 5. The van der Waals surface area contributed by atoms with E-state index in [1.807, 2.05) is 19.9 Å². The standard InChI is InChI=1S/C30H35Cl2N3O5S/c1-5-16-33-30(37)27(6-2)34(19-22-8-7-9-24(17-22)40-4)29(36)20-35(28-18-23(31)12-15-26(28)32)41(38,39)25-13-10-21(3)11-14-25/h7-15,17-18,27H,5-6,16,19-20H2,1-4H3,(H,33,37). The number of amides is 2. The second kappa shape index (κ2) is 14.6. The van der Waals surface area contributed by atoms with Crippen LogP contribution in [-0.2, 0) is 26.2 Å². The number of hydrogen-bond donors (Lipinski definition) is 1. The predicted octanol–water partition coefficient (Wildman–Crippen LogP) is 5.84. The molecule has 3 rings (SSSR count). The van der Waals surface area contributed by atoms with Crippen molar-refractivity contribution in [3.05, 3.63) is 87.9 Å². The number of aryl methyl sites for hydroxylation is 1. The maximum Gasteiger partial charge on any atom is 0.264 e. The SMILES string of the molecule is CCCNC(=O)C(CC)N(Cc1cccc(OC)c1)C(=O)CN(c1cc(Cl)ccc1Cl)S(=O)(=O)c1ccc(C)cc1. The van der Waals surface area contributed by atoms with Crippen LogP contribution in [-0.4, -0.2) is 51.4 Å². The molecule has 0 aliphatic carbocycles. The lowest BCUT2D eigenvalue weighted by molar-refractivity contribution is -0.140. The summed E-state index contributed by atoms with van der Waals surface area (Å²) in [6.07, 6.45) is 1.04. The molecule has 0 aliphatic rings. The summed E-state index contributed by atoms with van der Waals surface area (Å²) in [6, 6.07) is 17.0. The first-order valence-electron chi connectivity index (χ1n) is 13.3. The molecular weight excluding hydrogens is 585 g/mol. The van der Waals surface area contributed by atoms with Crippen molar-refractivity contribution in [3.63, 3.8) is 0 Å². The third-order valence-electron chi connectivity index (χ3n) is 6.49. The van der Waals surface area contributed by atoms with Gasteiger partial charge in [0.15, 0.2) is 0 Å². The van der Waals surface area contributed by atoms with Crippen LogP contribution in [0, 0.1) is 6.92 Å². The Bertz CT molecular complexity index is 1470. The van der Waals surface area contributed by atoms with Gasteiger partial charge in [-0.2, -0.15) is 0 Å². The van der Waals surface area contributed by atoms with E-state index in [0.717, 1.165) is 16.3 Å². The van der Waals surface area contributed by atoms with Crippen molar-refractivity contribution in [2.45, 2.75) is 51.1 Å². The summed E-state index contributed by atoms with van der Waals surface area (Å²) in [7, 11) is -2.73. The van der Waals surface area contributed by atoms with Gasteiger partial charge in [0, 0.05) is 18.1 Å². The Kier molecular flexibility index (Phi) is 11.5. The van der Waals surface area contributed by atoms with E-state index in [1.54, 1.807) is 37.3 Å². The summed E-state index contributed by atoms with van der Waals surface area (Å²) in [5.41, 5.74) is 1.65. The average molecular weight is 621 g/mol. The highest BCUT2D eigenvalue weighted by Gasteiger charge is 2.34. The molecule has 220 valence electrons. The molecule has 1 atom stereocenters. The molecular formula is C30H35Cl2N3O5S. The van der Waals surface area contributed by atoms with Crippen LogP contribution in [0.4, 0.5) is 5.69 Å². The van der Waals surface area contributed by atoms with Gasteiger partial charge in [-0.3, -0.25) is 13.9 Å². The molecule has 0 aliphatic heterocycles. The van der Waals surface area contributed by atoms with Crippen LogP contribution in [0.25, 0.3) is 0 Å². The van der Waals surface area contributed by atoms with Gasteiger partial charge < -0.3 is 15.0 Å². The average Bonchev–Trinajstić information content (AvgIpc) is 2.96. The van der Waals surface area contributed by atoms with E-state index in [1.165, 1.54) is 42.3 Å². The Hall–Kier alpha value is -3.27. The lowest BCUT2D eigenvalue weighted by atomic mass is 10.1. The van der Waals surface area contributed by atoms with Gasteiger partial charge in [-0.1, -0.05) is 66.9 Å². The molecule has 0 heterocycles. The number of carbonyl (C=O) groups is 2. The molecule has 0 saturated carbocycles. The van der Waals surface area contributed by atoms with Crippen LogP contribution >= 0.6 is 23.2 Å². The lowest BCUT2D eigenvalue weighted by Gasteiger charge is -2.33. The fourth-order valence-electron chi connectivity index (χ4n) is 4.28. The van der Waals surface area contributed by atoms with Gasteiger partial charge in [0.1, 0.15) is 18.3 Å². The fourth-order valence-corrected chi connectivity index (χ4v) is 6.14. The van der Waals surface area contributed by atoms with E-state index in [2.05, 4.69) is 5.32 Å². The molecule has 2 amide bonds. The van der Waals surface area contributed by atoms with Crippen molar-refractivity contribution in [1.29, 1.82) is 0 Å². The van der Waals surface area contributed by atoms with Gasteiger partial charge in [-0.15, -0.1) is 0 Å². The number of ether oxygens (including phenoxy) is 1. The molecule has 3 aromatic rings. The first-order valence-corrected chi connectivity index (χ1v) is 15.5. The third-order valence-corrected chi connectivity index (χ3v) is 8.82. The topological polar surface area (TPSA) is 96.0 Å². The Morgan fingerprint density at radius 1 is 1.00 bits per heavy atom. The van der Waals surface area contributed by atoms with Gasteiger partial charge in [0.2, 0.25) is 11.8 Å². The van der Waals surface area contributed by atoms with E-state index in [4.69, 9.17) is 27.9 Å². The number of anilines is 1. The molecule has 11 heteroatoms. The number of sulfonamides is 1. The number of halogens is 2. The first-order chi connectivity index (χ1) is 19.5. The second-order valence-corrected chi connectivity index (χ2v) is 12.2. The smallest absolute Gasteiger partial charge is 0.264 e. The molecule has 0 radical (unpaired) electrons. The molecule has 3 aromatic carbocycles. The highest BCUT2D eigenvalue weighted by Crippen LogP contribution is 2.33. The van der Waals surface area contributed by atoms with Crippen molar-refractivity contribution >= 4 is 50.7 Å². The number of nitrogens with zero attached hydrogens (tertiary/aromatic N) is 2. The van der Waals surface area contributed by atoms with E-state index in [-0.39, 0.29) is 33.1 Å². The monoisotopic (exact) mass is 619 g/mol. The number of nitrogens with one attached hydrogen (secondary N) is 1. The van der Waals surface area contributed by atoms with Crippen molar-refractivity contribution in [2.75, 3.05) is 24.5 Å². The molecule has 0 aromatic heterocycles. The summed E-state index contributed by atoms with van der Waals surface area (Å²) in [6.45, 7) is 5.46. The molecule has 8 nitrogen and oxygen atoms in total. The van der Waals surface area contributed by atoms with Crippen molar-refractivity contribution in [1.82, 2.24) is 10.2 Å². The first kappa shape index (κ1) is 32.2. The molecule has 1 unspecified atom stereocenters. The normalized spacial score (nSPS) is 12.0. The number of methoxy groups -OCH3 is 1. The summed E-state index contributed by atoms with van der Waals surface area (Å²) < 4.78 is 34.2. The van der Waals surface area contributed by atoms with Gasteiger partial charge in [-0.05, 0) is 67.8 Å². The third kappa shape index (κ3) is 8.15. The molecule has 41 heavy (non-hydrogen) atoms. The predicted molar refractivity (Wildman–Crippen MR) is 163 cm³/mol. The van der Waals surface area contributed by atoms with Crippen LogP contribution in [0.15, 0.2) is 71.6 Å². The summed E-state index contributed by atoms with van der Waals surface area (Å²) in [5, 5.41) is 3.21. The maximum atomic E-state index is 14.1. The maximum absolute atomic E-state index is 14.1. The van der Waals surface area contributed by atoms with Crippen LogP contribution in [0.2, 0.25) is 10.0 Å². The molecule has 0 saturated heterocycles. The molecule has 1 N–H and O–H groups in total. The molecule has 0 spiro atoms. The van der Waals surface area contributed by atoms with Crippen LogP contribution in [0.3, 0.4) is 0 Å². The minimum atomic E-state index is -4.27. The highest BCUT2D eigenvalue weighted by molar-refractivity contribution is 7.92. The fraction of sp³-hybridized carbons (Fsp3) is 0.333. The minimum Gasteiger partial charge on any atom is -0.497 e. The van der Waals surface area contributed by atoms with Crippen LogP contribution < -0.4 is 14.4 Å². The van der Waals surface area contributed by atoms with Crippen molar-refractivity contribution in [2.24, 2.45) is 0 Å². The zero-order valence-electron chi connectivity index (χ0n) is 23.6. The van der Waals surface area contributed by atoms with E-state index in [0.29, 0.717) is 24.3 Å². The lowest BCUT2D eigenvalue weighted by Crippen LogP contribution is -2.52. The number of rotatable bonds is 13. The van der Waals surface area contributed by atoms with Crippen LogP contribution in [0.1, 0.15) is 37.8 Å². The van der Waals surface area contributed by atoms with Gasteiger partial charge in [0.05, 0.1) is 22.7 Å². The van der Waals surface area contributed by atoms with Gasteiger partial charge >= 0.3 is 0 Å². The zero-order valence-corrected chi connectivity index (χ0v) is 25.9. The summed E-state index contributed by atoms with van der Waals surface area (Å²) in [4.78, 5) is 28.7. The van der Waals surface area contributed by atoms with Crippen LogP contribution in [0.5, 0.6) is 5.75 Å². The Morgan fingerprint density at radius 3 is 2.34 bits per heavy atom. The van der Waals surface area contributed by atoms with Crippen molar-refractivity contribution in [3.8, 4) is 5.75 Å². The zero-order chi connectivity index (χ0) is 30.2. The molecule has 0 bridgehead atoms. The largest absolute Gasteiger partial charge is 0.497 e. The quantitative estimate of drug-likeness (QED) is 0.259. The molecule has 0 fully saturated rings. The second-order valence-electron chi connectivity index (χ2n) is 9.51. The summed E-state index contributed by atoms with van der Waals surface area (Å²) >= 11 is 12.7. The van der Waals surface area contributed by atoms with Gasteiger partial charge in [-0.25, -0.2) is 8.42 Å². The number of benzene rings is 3. The summed E-state index contributed by atoms with van der Waals surface area (Å²) in [5.74, 6) is -0.315. The highest BCUT2D eigenvalue weighted by atomic mass is 35.5. The van der Waals surface area contributed by atoms with E-state index in [9.17, 15) is 18.0 Å². The Labute approximate surface area is 252 Å². The Morgan fingerprint density at radius 2 is 1.71 bits per heavy atom.